The van der Waals surface area contributed by atoms with Crippen LogP contribution in [0.25, 0.3) is 0 Å². The molecule has 3 nitrogen and oxygen atoms in total. The molecule has 0 bridgehead atoms. The minimum Gasteiger partial charge on any atom is -0.506 e. The Hall–Kier alpha value is -2.16. The van der Waals surface area contributed by atoms with Gasteiger partial charge in [0.2, 0.25) is 0 Å². The fraction of sp³-hybridized carbons (Fsp3) is 0.250. The fourth-order valence-electron chi connectivity index (χ4n) is 2.30. The van der Waals surface area contributed by atoms with E-state index >= 15 is 0 Å². The molecule has 0 heterocycles. The van der Waals surface area contributed by atoms with Crippen LogP contribution in [0.3, 0.4) is 0 Å². The third-order valence-corrected chi connectivity index (χ3v) is 3.28. The van der Waals surface area contributed by atoms with Crippen LogP contribution in [-0.4, -0.2) is 12.2 Å². The molecule has 2 rings (SSSR count). The second-order valence-corrected chi connectivity index (χ2v) is 5.04. The summed E-state index contributed by atoms with van der Waals surface area (Å²) in [6.07, 6.45) is 0. The Balaban J connectivity index is 2.20. The predicted molar refractivity (Wildman–Crippen MR) is 80.5 cm³/mol. The Morgan fingerprint density at radius 1 is 1.11 bits per heavy atom. The summed E-state index contributed by atoms with van der Waals surface area (Å²) >= 11 is 0. The maximum absolute atomic E-state index is 9.43. The van der Waals surface area contributed by atoms with Crippen molar-refractivity contribution in [2.45, 2.75) is 20.4 Å². The van der Waals surface area contributed by atoms with E-state index in [1.807, 2.05) is 12.1 Å². The largest absolute Gasteiger partial charge is 0.506 e. The first kappa shape index (κ1) is 13.3. The second kappa shape index (κ2) is 5.22. The van der Waals surface area contributed by atoms with Crippen molar-refractivity contribution in [3.8, 4) is 5.75 Å². The fourth-order valence-corrected chi connectivity index (χ4v) is 2.30. The molecular formula is C16H20N2O. The summed E-state index contributed by atoms with van der Waals surface area (Å²) in [5, 5.41) is 9.43. The Morgan fingerprint density at radius 2 is 1.84 bits per heavy atom. The Bertz CT molecular complexity index is 593. The van der Waals surface area contributed by atoms with Crippen molar-refractivity contribution in [3.63, 3.8) is 0 Å². The topological polar surface area (TPSA) is 49.5 Å². The van der Waals surface area contributed by atoms with Crippen LogP contribution in [0.4, 0.5) is 11.4 Å². The first-order valence-corrected chi connectivity index (χ1v) is 6.33. The van der Waals surface area contributed by atoms with Crippen molar-refractivity contribution in [1.29, 1.82) is 0 Å². The van der Waals surface area contributed by atoms with E-state index in [1.165, 1.54) is 16.8 Å². The molecule has 3 heteroatoms. The third-order valence-electron chi connectivity index (χ3n) is 3.28. The van der Waals surface area contributed by atoms with Gasteiger partial charge in [-0.1, -0.05) is 23.8 Å². The molecule has 2 aromatic rings. The van der Waals surface area contributed by atoms with E-state index in [1.54, 1.807) is 6.07 Å². The van der Waals surface area contributed by atoms with Crippen LogP contribution in [0.15, 0.2) is 36.4 Å². The minimum absolute atomic E-state index is 0.137. The first-order valence-electron chi connectivity index (χ1n) is 6.33. The van der Waals surface area contributed by atoms with Gasteiger partial charge in [-0.25, -0.2) is 0 Å². The van der Waals surface area contributed by atoms with Crippen LogP contribution in [0.5, 0.6) is 5.75 Å². The Kier molecular flexibility index (Phi) is 3.65. The predicted octanol–water partition coefficient (Wildman–Crippen LogP) is 3.23. The molecule has 2 aromatic carbocycles. The molecule has 3 N–H and O–H groups in total. The van der Waals surface area contributed by atoms with Gasteiger partial charge < -0.3 is 15.7 Å². The van der Waals surface area contributed by atoms with Crippen LogP contribution in [0, 0.1) is 13.8 Å². The lowest BCUT2D eigenvalue weighted by molar-refractivity contribution is 0.478. The summed E-state index contributed by atoms with van der Waals surface area (Å²) in [6.45, 7) is 4.97. The number of anilines is 2. The molecule has 0 saturated heterocycles. The van der Waals surface area contributed by atoms with Gasteiger partial charge in [-0.05, 0) is 43.2 Å². The molecular weight excluding hydrogens is 236 g/mol. The maximum Gasteiger partial charge on any atom is 0.138 e. The number of hydrogen-bond acceptors (Lipinski definition) is 3. The Morgan fingerprint density at radius 3 is 2.47 bits per heavy atom. The number of nitrogens with zero attached hydrogens (tertiary/aromatic N) is 1. The lowest BCUT2D eigenvalue weighted by Gasteiger charge is -2.22. The average molecular weight is 256 g/mol. The zero-order valence-corrected chi connectivity index (χ0v) is 11.6. The zero-order chi connectivity index (χ0) is 14.0. The summed E-state index contributed by atoms with van der Waals surface area (Å²) in [5.41, 5.74) is 11.0. The molecule has 0 saturated carbocycles. The van der Waals surface area contributed by atoms with Gasteiger partial charge in [0.15, 0.2) is 0 Å². The highest BCUT2D eigenvalue weighted by Crippen LogP contribution is 2.24. The molecule has 19 heavy (non-hydrogen) atoms. The highest BCUT2D eigenvalue weighted by Gasteiger charge is 2.06. The molecule has 0 aromatic heterocycles. The number of nitrogen functional groups attached to an aromatic ring is 1. The van der Waals surface area contributed by atoms with Crippen molar-refractivity contribution >= 4 is 11.4 Å². The molecule has 0 amide bonds. The maximum atomic E-state index is 9.43. The monoisotopic (exact) mass is 256 g/mol. The van der Waals surface area contributed by atoms with Crippen molar-refractivity contribution < 1.29 is 5.11 Å². The molecule has 0 spiro atoms. The first-order chi connectivity index (χ1) is 8.97. The number of benzene rings is 2. The van der Waals surface area contributed by atoms with Crippen molar-refractivity contribution in [2.24, 2.45) is 0 Å². The standard InChI is InChI=1S/C16H20N2O/c1-11-4-6-15(12(2)8-11)18(3)10-13-5-7-16(19)14(17)9-13/h4-9,19H,10,17H2,1-3H3. The van der Waals surface area contributed by atoms with E-state index in [4.69, 9.17) is 5.73 Å². The smallest absolute Gasteiger partial charge is 0.138 e. The lowest BCUT2D eigenvalue weighted by Crippen LogP contribution is -2.17. The molecule has 0 atom stereocenters. The van der Waals surface area contributed by atoms with Crippen molar-refractivity contribution in [3.05, 3.63) is 53.1 Å². The van der Waals surface area contributed by atoms with Gasteiger partial charge in [-0.15, -0.1) is 0 Å². The molecule has 100 valence electrons. The average Bonchev–Trinajstić information content (AvgIpc) is 2.33. The molecule has 0 aliphatic carbocycles. The summed E-state index contributed by atoms with van der Waals surface area (Å²) in [4.78, 5) is 2.18. The van der Waals surface area contributed by atoms with Crippen LogP contribution in [0.1, 0.15) is 16.7 Å². The third kappa shape index (κ3) is 2.99. The van der Waals surface area contributed by atoms with E-state index < -0.39 is 0 Å². The van der Waals surface area contributed by atoms with E-state index in [0.29, 0.717) is 5.69 Å². The highest BCUT2D eigenvalue weighted by atomic mass is 16.3. The van der Waals surface area contributed by atoms with E-state index in [2.05, 4.69) is 44.0 Å². The summed E-state index contributed by atoms with van der Waals surface area (Å²) in [7, 11) is 2.06. The van der Waals surface area contributed by atoms with Gasteiger partial charge >= 0.3 is 0 Å². The number of phenols is 1. The normalized spacial score (nSPS) is 10.5. The van der Waals surface area contributed by atoms with Gasteiger partial charge in [-0.3, -0.25) is 0 Å². The highest BCUT2D eigenvalue weighted by molar-refractivity contribution is 5.56. The second-order valence-electron chi connectivity index (χ2n) is 5.04. The van der Waals surface area contributed by atoms with E-state index in [-0.39, 0.29) is 5.75 Å². The number of nitrogens with two attached hydrogens (primary N) is 1. The van der Waals surface area contributed by atoms with Gasteiger partial charge in [0, 0.05) is 19.3 Å². The summed E-state index contributed by atoms with van der Waals surface area (Å²) < 4.78 is 0. The SMILES string of the molecule is Cc1ccc(N(C)Cc2ccc(O)c(N)c2)c(C)c1. The quantitative estimate of drug-likeness (QED) is 0.655. The molecule has 0 aliphatic rings. The lowest BCUT2D eigenvalue weighted by atomic mass is 10.1. The van der Waals surface area contributed by atoms with Gasteiger partial charge in [-0.2, -0.15) is 0 Å². The van der Waals surface area contributed by atoms with Gasteiger partial charge in [0.25, 0.3) is 0 Å². The van der Waals surface area contributed by atoms with Crippen molar-refractivity contribution in [2.75, 3.05) is 17.7 Å². The summed E-state index contributed by atoms with van der Waals surface area (Å²) in [6, 6.07) is 11.8. The zero-order valence-electron chi connectivity index (χ0n) is 11.6. The van der Waals surface area contributed by atoms with Gasteiger partial charge in [0.05, 0.1) is 5.69 Å². The Labute approximate surface area is 114 Å². The summed E-state index contributed by atoms with van der Waals surface area (Å²) in [5.74, 6) is 0.137. The van der Waals surface area contributed by atoms with Crippen LogP contribution in [-0.2, 0) is 6.54 Å². The van der Waals surface area contributed by atoms with Crippen LogP contribution in [0.2, 0.25) is 0 Å². The number of rotatable bonds is 3. The van der Waals surface area contributed by atoms with Gasteiger partial charge in [0.1, 0.15) is 5.75 Å². The number of hydrogen-bond donors (Lipinski definition) is 2. The molecule has 0 aliphatic heterocycles. The van der Waals surface area contributed by atoms with E-state index in [9.17, 15) is 5.11 Å². The van der Waals surface area contributed by atoms with E-state index in [0.717, 1.165) is 12.1 Å². The van der Waals surface area contributed by atoms with Crippen LogP contribution >= 0.6 is 0 Å². The van der Waals surface area contributed by atoms with Crippen LogP contribution < -0.4 is 10.6 Å². The number of aromatic hydroxyl groups is 1. The minimum atomic E-state index is 0.137. The number of aryl methyl sites for hydroxylation is 2. The molecule has 0 radical (unpaired) electrons. The molecule has 0 fully saturated rings. The van der Waals surface area contributed by atoms with Crippen molar-refractivity contribution in [1.82, 2.24) is 0 Å². The molecule has 0 unspecified atom stereocenters. The number of phenolic OH excluding ortho intramolecular Hbond substituents is 1.